The fraction of sp³-hybridized carbons (Fsp3) is 0. The summed E-state index contributed by atoms with van der Waals surface area (Å²) in [5.41, 5.74) is 0.0648. The number of hydrogen-bond donors (Lipinski definition) is 2. The number of carboxylic acids is 1. The summed E-state index contributed by atoms with van der Waals surface area (Å²) in [7, 11) is 0. The van der Waals surface area contributed by atoms with Crippen LogP contribution in [0.2, 0.25) is 0 Å². The third kappa shape index (κ3) is 1.37. The molecule has 56 valence electrons. The van der Waals surface area contributed by atoms with Crippen LogP contribution in [0.4, 0.5) is 0 Å². The van der Waals surface area contributed by atoms with Crippen LogP contribution in [-0.2, 0) is 0 Å². The van der Waals surface area contributed by atoms with E-state index < -0.39 is 5.97 Å². The van der Waals surface area contributed by atoms with Gasteiger partial charge in [0.15, 0.2) is 5.69 Å². The highest BCUT2D eigenvalue weighted by Crippen LogP contribution is 1.98. The Morgan fingerprint density at radius 3 is 2.91 bits per heavy atom. The quantitative estimate of drug-likeness (QED) is 0.590. The SMILES string of the molecule is N=Cc1cncnc1C(=O)O. The van der Waals surface area contributed by atoms with Crippen molar-refractivity contribution in [3.63, 3.8) is 0 Å². The molecule has 0 aromatic carbocycles. The molecule has 0 spiro atoms. The summed E-state index contributed by atoms with van der Waals surface area (Å²) in [5.74, 6) is -1.15. The molecule has 1 rings (SSSR count). The molecule has 1 aromatic heterocycles. The Hall–Kier alpha value is -1.78. The summed E-state index contributed by atoms with van der Waals surface area (Å²) in [6.07, 6.45) is 3.32. The highest BCUT2D eigenvalue weighted by Gasteiger charge is 2.08. The maximum Gasteiger partial charge on any atom is 0.355 e. The maximum atomic E-state index is 10.4. The van der Waals surface area contributed by atoms with Gasteiger partial charge in [-0.3, -0.25) is 0 Å². The van der Waals surface area contributed by atoms with Gasteiger partial charge in [-0.25, -0.2) is 14.8 Å². The average molecular weight is 151 g/mol. The lowest BCUT2D eigenvalue weighted by Gasteiger charge is -1.94. The number of carboxylic acid groups (broad SMARTS) is 1. The van der Waals surface area contributed by atoms with Crippen molar-refractivity contribution >= 4 is 12.2 Å². The monoisotopic (exact) mass is 151 g/mol. The molecule has 11 heavy (non-hydrogen) atoms. The standard InChI is InChI=1S/C6H5N3O2/c7-1-4-2-8-3-9-5(4)6(10)11/h1-3,7H,(H,10,11). The van der Waals surface area contributed by atoms with Crippen LogP contribution in [0.3, 0.4) is 0 Å². The van der Waals surface area contributed by atoms with Gasteiger partial charge in [-0.05, 0) is 0 Å². The van der Waals surface area contributed by atoms with E-state index in [-0.39, 0.29) is 11.3 Å². The van der Waals surface area contributed by atoms with Crippen LogP contribution in [-0.4, -0.2) is 27.3 Å². The van der Waals surface area contributed by atoms with E-state index in [1.54, 1.807) is 0 Å². The first-order chi connectivity index (χ1) is 5.25. The average Bonchev–Trinajstić information content (AvgIpc) is 2.04. The Morgan fingerprint density at radius 2 is 2.45 bits per heavy atom. The molecule has 0 atom stereocenters. The molecule has 5 heteroatoms. The molecule has 0 saturated heterocycles. The zero-order chi connectivity index (χ0) is 8.27. The molecule has 0 bridgehead atoms. The molecule has 0 fully saturated rings. The predicted octanol–water partition coefficient (Wildman–Crippen LogP) is 0.172. The summed E-state index contributed by atoms with van der Waals surface area (Å²) < 4.78 is 0. The molecule has 0 aliphatic rings. The normalized spacial score (nSPS) is 9.09. The van der Waals surface area contributed by atoms with Gasteiger partial charge in [-0.2, -0.15) is 0 Å². The molecule has 0 amide bonds. The topological polar surface area (TPSA) is 86.9 Å². The van der Waals surface area contributed by atoms with E-state index in [2.05, 4.69) is 9.97 Å². The first-order valence-electron chi connectivity index (χ1n) is 2.79. The van der Waals surface area contributed by atoms with E-state index in [0.717, 1.165) is 12.5 Å². The van der Waals surface area contributed by atoms with Crippen molar-refractivity contribution in [3.8, 4) is 0 Å². The van der Waals surface area contributed by atoms with E-state index in [0.29, 0.717) is 0 Å². The van der Waals surface area contributed by atoms with Crippen LogP contribution < -0.4 is 0 Å². The number of nitrogens with one attached hydrogen (secondary N) is 1. The Bertz CT molecular complexity index is 298. The van der Waals surface area contributed by atoms with Gasteiger partial charge in [0.2, 0.25) is 0 Å². The van der Waals surface area contributed by atoms with Crippen molar-refractivity contribution in [3.05, 3.63) is 23.8 Å². The van der Waals surface area contributed by atoms with Gasteiger partial charge in [0, 0.05) is 18.0 Å². The minimum atomic E-state index is -1.15. The minimum absolute atomic E-state index is 0.144. The lowest BCUT2D eigenvalue weighted by molar-refractivity contribution is 0.0690. The summed E-state index contributed by atoms with van der Waals surface area (Å²) in [5, 5.41) is 15.3. The van der Waals surface area contributed by atoms with Crippen molar-refractivity contribution in [2.45, 2.75) is 0 Å². The number of hydrogen-bond acceptors (Lipinski definition) is 4. The van der Waals surface area contributed by atoms with Gasteiger partial charge in [-0.15, -0.1) is 0 Å². The second-order valence-electron chi connectivity index (χ2n) is 1.78. The Kier molecular flexibility index (Phi) is 1.91. The molecular weight excluding hydrogens is 146 g/mol. The van der Waals surface area contributed by atoms with E-state index in [1.807, 2.05) is 0 Å². The molecule has 0 unspecified atom stereocenters. The summed E-state index contributed by atoms with van der Waals surface area (Å²) in [6.45, 7) is 0. The van der Waals surface area contributed by atoms with Gasteiger partial charge in [-0.1, -0.05) is 0 Å². The minimum Gasteiger partial charge on any atom is -0.476 e. The fourth-order valence-electron chi connectivity index (χ4n) is 0.625. The van der Waals surface area contributed by atoms with Gasteiger partial charge < -0.3 is 10.5 Å². The first-order valence-corrected chi connectivity index (χ1v) is 2.79. The first kappa shape index (κ1) is 7.33. The summed E-state index contributed by atoms with van der Waals surface area (Å²) in [4.78, 5) is 17.4. The van der Waals surface area contributed by atoms with Crippen LogP contribution >= 0.6 is 0 Å². The number of aromatic nitrogens is 2. The molecular formula is C6H5N3O2. The zero-order valence-corrected chi connectivity index (χ0v) is 5.48. The zero-order valence-electron chi connectivity index (χ0n) is 5.48. The molecule has 1 aromatic rings. The van der Waals surface area contributed by atoms with Crippen molar-refractivity contribution < 1.29 is 9.90 Å². The highest BCUT2D eigenvalue weighted by molar-refractivity contribution is 5.95. The van der Waals surface area contributed by atoms with E-state index in [1.165, 1.54) is 6.20 Å². The third-order valence-corrected chi connectivity index (χ3v) is 1.10. The summed E-state index contributed by atoms with van der Waals surface area (Å²) >= 11 is 0. The molecule has 0 radical (unpaired) electrons. The van der Waals surface area contributed by atoms with Crippen molar-refractivity contribution in [2.24, 2.45) is 0 Å². The molecule has 0 aliphatic carbocycles. The molecule has 1 heterocycles. The van der Waals surface area contributed by atoms with Crippen LogP contribution in [0.1, 0.15) is 16.1 Å². The predicted molar refractivity (Wildman–Crippen MR) is 36.9 cm³/mol. The maximum absolute atomic E-state index is 10.4. The van der Waals surface area contributed by atoms with E-state index >= 15 is 0 Å². The van der Waals surface area contributed by atoms with Crippen LogP contribution in [0, 0.1) is 5.41 Å². The lowest BCUT2D eigenvalue weighted by atomic mass is 10.2. The van der Waals surface area contributed by atoms with Crippen LogP contribution in [0.15, 0.2) is 12.5 Å². The van der Waals surface area contributed by atoms with E-state index in [9.17, 15) is 4.79 Å². The Labute approximate surface area is 62.2 Å². The second kappa shape index (κ2) is 2.87. The Balaban J connectivity index is 3.22. The number of carbonyl (C=O) groups is 1. The number of rotatable bonds is 2. The van der Waals surface area contributed by atoms with Gasteiger partial charge >= 0.3 is 5.97 Å². The molecule has 2 N–H and O–H groups in total. The van der Waals surface area contributed by atoms with Crippen LogP contribution in [0.25, 0.3) is 0 Å². The lowest BCUT2D eigenvalue weighted by Crippen LogP contribution is -2.05. The van der Waals surface area contributed by atoms with Crippen molar-refractivity contribution in [1.82, 2.24) is 9.97 Å². The molecule has 5 nitrogen and oxygen atoms in total. The summed E-state index contributed by atoms with van der Waals surface area (Å²) in [6, 6.07) is 0. The van der Waals surface area contributed by atoms with Crippen molar-refractivity contribution in [2.75, 3.05) is 0 Å². The fourth-order valence-corrected chi connectivity index (χ4v) is 0.625. The highest BCUT2D eigenvalue weighted by atomic mass is 16.4. The largest absolute Gasteiger partial charge is 0.476 e. The van der Waals surface area contributed by atoms with E-state index in [4.69, 9.17) is 10.5 Å². The van der Waals surface area contributed by atoms with Gasteiger partial charge in [0.1, 0.15) is 6.33 Å². The molecule has 0 saturated carbocycles. The van der Waals surface area contributed by atoms with Gasteiger partial charge in [0.05, 0.1) is 0 Å². The van der Waals surface area contributed by atoms with Gasteiger partial charge in [0.25, 0.3) is 0 Å². The third-order valence-electron chi connectivity index (χ3n) is 1.10. The Morgan fingerprint density at radius 1 is 1.73 bits per heavy atom. The smallest absolute Gasteiger partial charge is 0.355 e. The van der Waals surface area contributed by atoms with Crippen LogP contribution in [0.5, 0.6) is 0 Å². The molecule has 0 aliphatic heterocycles. The second-order valence-corrected chi connectivity index (χ2v) is 1.78. The van der Waals surface area contributed by atoms with Crippen molar-refractivity contribution in [1.29, 1.82) is 5.41 Å². The number of aromatic carboxylic acids is 1. The number of nitrogens with zero attached hydrogens (tertiary/aromatic N) is 2.